The second-order valence-electron chi connectivity index (χ2n) is 6.56. The third-order valence-corrected chi connectivity index (χ3v) is 5.85. The summed E-state index contributed by atoms with van der Waals surface area (Å²) >= 11 is 1.38. The van der Waals surface area contributed by atoms with E-state index in [4.69, 9.17) is 4.74 Å². The number of nitrogens with zero attached hydrogens (tertiary/aromatic N) is 3. The van der Waals surface area contributed by atoms with Crippen molar-refractivity contribution in [1.82, 2.24) is 9.97 Å². The average Bonchev–Trinajstić information content (AvgIpc) is 3.11. The Kier molecular flexibility index (Phi) is 5.53. The van der Waals surface area contributed by atoms with E-state index < -0.39 is 0 Å². The monoisotopic (exact) mass is 403 g/mol. The number of carbonyl (C=O) groups excluding carboxylic acids is 1. The quantitative estimate of drug-likeness (QED) is 0.441. The summed E-state index contributed by atoms with van der Waals surface area (Å²) in [6.45, 7) is 4.85. The molecule has 2 aromatic heterocycles. The first kappa shape index (κ1) is 19.1. The van der Waals surface area contributed by atoms with Gasteiger partial charge < -0.3 is 9.64 Å². The van der Waals surface area contributed by atoms with Crippen molar-refractivity contribution in [2.45, 2.75) is 20.4 Å². The fraction of sp³-hybridized carbons (Fsp3) is 0.174. The van der Waals surface area contributed by atoms with E-state index in [9.17, 15) is 4.79 Å². The lowest BCUT2D eigenvalue weighted by Crippen LogP contribution is -2.30. The minimum atomic E-state index is -0.0528. The smallest absolute Gasteiger partial charge is 0.269 e. The number of anilines is 1. The van der Waals surface area contributed by atoms with Crippen molar-refractivity contribution in [3.8, 4) is 5.88 Å². The number of aryl methyl sites for hydroxylation is 1. The largest absolute Gasteiger partial charge is 0.477 e. The molecule has 2 aromatic carbocycles. The Morgan fingerprint density at radius 2 is 1.72 bits per heavy atom. The predicted molar refractivity (Wildman–Crippen MR) is 117 cm³/mol. The van der Waals surface area contributed by atoms with Crippen molar-refractivity contribution in [3.05, 3.63) is 83.0 Å². The number of benzene rings is 2. The molecule has 0 unspecified atom stereocenters. The Bertz CT molecular complexity index is 1130. The van der Waals surface area contributed by atoms with Crippen molar-refractivity contribution < 1.29 is 9.53 Å². The Hall–Kier alpha value is -3.25. The SMILES string of the molecule is CCOc1ncnc2sc(C(=O)N(Cc3ccccc3)c3ccccc3)c(C)c12. The van der Waals surface area contributed by atoms with E-state index in [0.717, 1.165) is 27.0 Å². The van der Waals surface area contributed by atoms with Gasteiger partial charge in [0, 0.05) is 5.69 Å². The summed E-state index contributed by atoms with van der Waals surface area (Å²) < 4.78 is 5.66. The van der Waals surface area contributed by atoms with Gasteiger partial charge in [0.25, 0.3) is 5.91 Å². The number of para-hydroxylation sites is 1. The number of fused-ring (bicyclic) bond motifs is 1. The van der Waals surface area contributed by atoms with Gasteiger partial charge >= 0.3 is 0 Å². The van der Waals surface area contributed by atoms with Crippen LogP contribution in [0.1, 0.15) is 27.7 Å². The summed E-state index contributed by atoms with van der Waals surface area (Å²) in [4.78, 5) is 25.5. The number of aromatic nitrogens is 2. The maximum atomic E-state index is 13.7. The minimum absolute atomic E-state index is 0.0528. The van der Waals surface area contributed by atoms with E-state index >= 15 is 0 Å². The number of hydrogen-bond donors (Lipinski definition) is 0. The molecule has 0 N–H and O–H groups in total. The normalized spacial score (nSPS) is 10.8. The van der Waals surface area contributed by atoms with Crippen LogP contribution in [0.2, 0.25) is 0 Å². The Morgan fingerprint density at radius 3 is 2.41 bits per heavy atom. The molecule has 4 aromatic rings. The van der Waals surface area contributed by atoms with Crippen molar-refractivity contribution in [1.29, 1.82) is 0 Å². The zero-order chi connectivity index (χ0) is 20.2. The Balaban J connectivity index is 1.78. The summed E-state index contributed by atoms with van der Waals surface area (Å²) in [5.41, 5.74) is 2.78. The summed E-state index contributed by atoms with van der Waals surface area (Å²) in [5, 5.41) is 0.815. The molecule has 0 spiro atoms. The predicted octanol–water partition coefficient (Wildman–Crippen LogP) is 5.25. The lowest BCUT2D eigenvalue weighted by atomic mass is 10.1. The van der Waals surface area contributed by atoms with E-state index in [1.54, 1.807) is 4.90 Å². The van der Waals surface area contributed by atoms with Gasteiger partial charge in [-0.3, -0.25) is 4.79 Å². The van der Waals surface area contributed by atoms with Crippen LogP contribution in [0.15, 0.2) is 67.0 Å². The van der Waals surface area contributed by atoms with E-state index in [0.29, 0.717) is 23.9 Å². The van der Waals surface area contributed by atoms with Crippen LogP contribution in [0.3, 0.4) is 0 Å². The lowest BCUT2D eigenvalue weighted by molar-refractivity contribution is 0.0988. The highest BCUT2D eigenvalue weighted by Gasteiger charge is 2.25. The molecule has 146 valence electrons. The fourth-order valence-corrected chi connectivity index (χ4v) is 4.35. The van der Waals surface area contributed by atoms with Crippen LogP contribution in [-0.2, 0) is 6.54 Å². The highest BCUT2D eigenvalue weighted by molar-refractivity contribution is 7.20. The molecule has 0 aliphatic carbocycles. The van der Waals surface area contributed by atoms with Crippen LogP contribution in [0.4, 0.5) is 5.69 Å². The van der Waals surface area contributed by atoms with E-state index in [2.05, 4.69) is 9.97 Å². The molecule has 0 saturated heterocycles. The van der Waals surface area contributed by atoms with E-state index in [1.807, 2.05) is 74.5 Å². The fourth-order valence-electron chi connectivity index (χ4n) is 3.27. The summed E-state index contributed by atoms with van der Waals surface area (Å²) in [7, 11) is 0. The Morgan fingerprint density at radius 1 is 1.03 bits per heavy atom. The van der Waals surface area contributed by atoms with Crippen LogP contribution in [0.5, 0.6) is 5.88 Å². The number of carbonyl (C=O) groups is 1. The number of thiophene rings is 1. The van der Waals surface area contributed by atoms with Gasteiger partial charge in [-0.05, 0) is 37.1 Å². The molecule has 0 atom stereocenters. The molecule has 5 nitrogen and oxygen atoms in total. The third kappa shape index (κ3) is 3.84. The van der Waals surface area contributed by atoms with Gasteiger partial charge in [0.2, 0.25) is 5.88 Å². The first-order chi connectivity index (χ1) is 14.2. The third-order valence-electron chi connectivity index (χ3n) is 4.66. The molecule has 6 heteroatoms. The molecular weight excluding hydrogens is 382 g/mol. The van der Waals surface area contributed by atoms with Gasteiger partial charge in [-0.2, -0.15) is 0 Å². The molecule has 1 amide bonds. The summed E-state index contributed by atoms with van der Waals surface area (Å²) in [5.74, 6) is 0.475. The molecule has 0 radical (unpaired) electrons. The average molecular weight is 404 g/mol. The Labute approximate surface area is 173 Å². The van der Waals surface area contributed by atoms with Gasteiger partial charge in [0.15, 0.2) is 0 Å². The number of ether oxygens (including phenoxy) is 1. The number of amides is 1. The maximum Gasteiger partial charge on any atom is 0.269 e. The lowest BCUT2D eigenvalue weighted by Gasteiger charge is -2.23. The van der Waals surface area contributed by atoms with Gasteiger partial charge in [-0.15, -0.1) is 11.3 Å². The topological polar surface area (TPSA) is 55.3 Å². The van der Waals surface area contributed by atoms with Crippen molar-refractivity contribution in [2.75, 3.05) is 11.5 Å². The molecule has 29 heavy (non-hydrogen) atoms. The van der Waals surface area contributed by atoms with E-state index in [-0.39, 0.29) is 5.91 Å². The number of rotatable bonds is 6. The van der Waals surface area contributed by atoms with Crippen molar-refractivity contribution in [2.24, 2.45) is 0 Å². The van der Waals surface area contributed by atoms with Gasteiger partial charge in [-0.1, -0.05) is 48.5 Å². The second kappa shape index (κ2) is 8.41. The zero-order valence-corrected chi connectivity index (χ0v) is 17.1. The van der Waals surface area contributed by atoms with E-state index in [1.165, 1.54) is 17.7 Å². The van der Waals surface area contributed by atoms with Crippen LogP contribution < -0.4 is 9.64 Å². The molecule has 0 aliphatic rings. The second-order valence-corrected chi connectivity index (χ2v) is 7.56. The van der Waals surface area contributed by atoms with Gasteiger partial charge in [0.05, 0.1) is 23.4 Å². The number of hydrogen-bond acceptors (Lipinski definition) is 5. The van der Waals surface area contributed by atoms with Crippen LogP contribution in [0, 0.1) is 6.92 Å². The molecular formula is C23H21N3O2S. The first-order valence-electron chi connectivity index (χ1n) is 9.46. The molecule has 4 rings (SSSR count). The molecule has 2 heterocycles. The highest BCUT2D eigenvalue weighted by Crippen LogP contribution is 2.36. The van der Waals surface area contributed by atoms with Crippen LogP contribution in [0.25, 0.3) is 10.2 Å². The molecule has 0 aliphatic heterocycles. The van der Waals surface area contributed by atoms with Crippen LogP contribution >= 0.6 is 11.3 Å². The molecule has 0 bridgehead atoms. The highest BCUT2D eigenvalue weighted by atomic mass is 32.1. The minimum Gasteiger partial charge on any atom is -0.477 e. The maximum absolute atomic E-state index is 13.7. The molecule has 0 fully saturated rings. The summed E-state index contributed by atoms with van der Waals surface area (Å²) in [6.07, 6.45) is 1.48. The van der Waals surface area contributed by atoms with Gasteiger partial charge in [-0.25, -0.2) is 9.97 Å². The van der Waals surface area contributed by atoms with Gasteiger partial charge in [0.1, 0.15) is 11.2 Å². The zero-order valence-electron chi connectivity index (χ0n) is 16.3. The van der Waals surface area contributed by atoms with Crippen molar-refractivity contribution in [3.63, 3.8) is 0 Å². The molecule has 0 saturated carbocycles. The standard InChI is InChI=1S/C23H21N3O2S/c1-3-28-21-19-16(2)20(29-22(19)25-15-24-21)23(27)26(18-12-8-5-9-13-18)14-17-10-6-4-7-11-17/h4-13,15H,3,14H2,1-2H3. The van der Waals surface area contributed by atoms with Crippen molar-refractivity contribution >= 4 is 33.1 Å². The summed E-state index contributed by atoms with van der Waals surface area (Å²) in [6, 6.07) is 19.7. The first-order valence-corrected chi connectivity index (χ1v) is 10.3. The van der Waals surface area contributed by atoms with Crippen LogP contribution in [-0.4, -0.2) is 22.5 Å².